The summed E-state index contributed by atoms with van der Waals surface area (Å²) >= 11 is 0. The fraction of sp³-hybridized carbons (Fsp3) is 0.500. The summed E-state index contributed by atoms with van der Waals surface area (Å²) in [5.74, 6) is -0.0607. The van der Waals surface area contributed by atoms with Crippen LogP contribution in [0.4, 0.5) is 5.69 Å². The van der Waals surface area contributed by atoms with Gasteiger partial charge in [-0.15, -0.1) is 0 Å². The molecule has 0 amide bonds. The molecule has 0 aliphatic carbocycles. The summed E-state index contributed by atoms with van der Waals surface area (Å²) in [4.78, 5) is 25.1. The van der Waals surface area contributed by atoms with E-state index in [1.165, 1.54) is 0 Å². The van der Waals surface area contributed by atoms with E-state index in [0.717, 1.165) is 11.3 Å². The Labute approximate surface area is 120 Å². The fourth-order valence-electron chi connectivity index (χ4n) is 1.88. The molecule has 0 N–H and O–H groups in total. The first-order valence-corrected chi connectivity index (χ1v) is 7.00. The van der Waals surface area contributed by atoms with Crippen molar-refractivity contribution in [2.45, 2.75) is 32.6 Å². The van der Waals surface area contributed by atoms with Crippen molar-refractivity contribution in [2.24, 2.45) is 0 Å². The number of esters is 1. The van der Waals surface area contributed by atoms with Crippen LogP contribution in [0.2, 0.25) is 0 Å². The molecule has 20 heavy (non-hydrogen) atoms. The summed E-state index contributed by atoms with van der Waals surface area (Å²) in [5.41, 5.74) is 1.80. The number of carbonyl (C=O) groups is 2. The zero-order valence-electron chi connectivity index (χ0n) is 12.5. The number of anilines is 1. The van der Waals surface area contributed by atoms with Crippen LogP contribution in [0.5, 0.6) is 0 Å². The SMILES string of the molecule is CCOC(=O)CCCCC(=O)c1ccc(N(C)C)cc1. The van der Waals surface area contributed by atoms with Crippen LogP contribution in [0.3, 0.4) is 0 Å². The molecular formula is C16H23NO3. The molecule has 1 rings (SSSR count). The molecule has 1 aromatic rings. The zero-order chi connectivity index (χ0) is 15.0. The van der Waals surface area contributed by atoms with Gasteiger partial charge < -0.3 is 9.64 Å². The van der Waals surface area contributed by atoms with Crippen LogP contribution in [0, 0.1) is 0 Å². The van der Waals surface area contributed by atoms with Crippen molar-refractivity contribution >= 4 is 17.4 Å². The molecule has 0 saturated carbocycles. The van der Waals surface area contributed by atoms with Gasteiger partial charge in [-0.05, 0) is 44.0 Å². The Morgan fingerprint density at radius 1 is 1.05 bits per heavy atom. The maximum atomic E-state index is 12.0. The second-order valence-electron chi connectivity index (χ2n) is 4.88. The Hall–Kier alpha value is -1.84. The Bertz CT molecular complexity index is 438. The third-order valence-corrected chi connectivity index (χ3v) is 3.05. The summed E-state index contributed by atoms with van der Waals surface area (Å²) in [6, 6.07) is 7.57. The monoisotopic (exact) mass is 277 g/mol. The summed E-state index contributed by atoms with van der Waals surface area (Å²) in [6.45, 7) is 2.20. The quantitative estimate of drug-likeness (QED) is 0.416. The first kappa shape index (κ1) is 16.2. The van der Waals surface area contributed by atoms with E-state index in [2.05, 4.69) is 0 Å². The zero-order valence-corrected chi connectivity index (χ0v) is 12.5. The van der Waals surface area contributed by atoms with Gasteiger partial charge in [0.1, 0.15) is 0 Å². The topological polar surface area (TPSA) is 46.6 Å². The number of carbonyl (C=O) groups excluding carboxylic acids is 2. The lowest BCUT2D eigenvalue weighted by Gasteiger charge is -2.12. The largest absolute Gasteiger partial charge is 0.466 e. The lowest BCUT2D eigenvalue weighted by Crippen LogP contribution is -2.09. The normalized spacial score (nSPS) is 10.2. The lowest BCUT2D eigenvalue weighted by atomic mass is 10.0. The Morgan fingerprint density at radius 2 is 1.65 bits per heavy atom. The minimum Gasteiger partial charge on any atom is -0.466 e. The fourth-order valence-corrected chi connectivity index (χ4v) is 1.88. The van der Waals surface area contributed by atoms with Gasteiger partial charge in [-0.1, -0.05) is 0 Å². The Kier molecular flexibility index (Phi) is 6.77. The van der Waals surface area contributed by atoms with Crippen LogP contribution in [-0.2, 0) is 9.53 Å². The lowest BCUT2D eigenvalue weighted by molar-refractivity contribution is -0.143. The second-order valence-corrected chi connectivity index (χ2v) is 4.88. The van der Waals surface area contributed by atoms with E-state index >= 15 is 0 Å². The molecule has 1 aromatic carbocycles. The van der Waals surface area contributed by atoms with Crippen LogP contribution in [0.25, 0.3) is 0 Å². The molecule has 0 aliphatic heterocycles. The van der Waals surface area contributed by atoms with E-state index in [1.54, 1.807) is 6.92 Å². The van der Waals surface area contributed by atoms with Gasteiger partial charge in [0.15, 0.2) is 5.78 Å². The van der Waals surface area contributed by atoms with Crippen molar-refractivity contribution in [1.82, 2.24) is 0 Å². The summed E-state index contributed by atoms with van der Waals surface area (Å²) < 4.78 is 4.84. The highest BCUT2D eigenvalue weighted by Gasteiger charge is 2.07. The van der Waals surface area contributed by atoms with Crippen molar-refractivity contribution in [2.75, 3.05) is 25.6 Å². The van der Waals surface area contributed by atoms with Gasteiger partial charge in [-0.3, -0.25) is 9.59 Å². The average Bonchev–Trinajstić information content (AvgIpc) is 2.43. The van der Waals surface area contributed by atoms with E-state index in [4.69, 9.17) is 4.74 Å². The van der Waals surface area contributed by atoms with Crippen LogP contribution < -0.4 is 4.90 Å². The number of hydrogen-bond donors (Lipinski definition) is 0. The molecule has 0 bridgehead atoms. The molecule has 0 radical (unpaired) electrons. The van der Waals surface area contributed by atoms with Gasteiger partial charge in [0.05, 0.1) is 6.61 Å². The third-order valence-electron chi connectivity index (χ3n) is 3.05. The molecule has 0 unspecified atom stereocenters. The van der Waals surface area contributed by atoms with E-state index in [9.17, 15) is 9.59 Å². The number of ether oxygens (including phenoxy) is 1. The molecular weight excluding hydrogens is 254 g/mol. The standard InChI is InChI=1S/C16H23NO3/c1-4-20-16(19)8-6-5-7-15(18)13-9-11-14(12-10-13)17(2)3/h9-12H,4-8H2,1-3H3. The first-order chi connectivity index (χ1) is 9.54. The van der Waals surface area contributed by atoms with Crippen LogP contribution in [0.15, 0.2) is 24.3 Å². The number of Topliss-reactive ketones (excluding diaryl/α,β-unsaturated/α-hetero) is 1. The number of ketones is 1. The van der Waals surface area contributed by atoms with Crippen molar-refractivity contribution in [3.8, 4) is 0 Å². The molecule has 0 aliphatic rings. The van der Waals surface area contributed by atoms with Gasteiger partial charge in [0, 0.05) is 38.2 Å². The first-order valence-electron chi connectivity index (χ1n) is 7.00. The van der Waals surface area contributed by atoms with Crippen LogP contribution in [0.1, 0.15) is 43.0 Å². The number of hydrogen-bond acceptors (Lipinski definition) is 4. The predicted molar refractivity (Wildman–Crippen MR) is 80.2 cm³/mol. The third kappa shape index (κ3) is 5.43. The van der Waals surface area contributed by atoms with Crippen molar-refractivity contribution in [1.29, 1.82) is 0 Å². The minimum atomic E-state index is -0.185. The number of rotatable bonds is 8. The van der Waals surface area contributed by atoms with Crippen molar-refractivity contribution in [3.05, 3.63) is 29.8 Å². The Morgan fingerprint density at radius 3 is 2.20 bits per heavy atom. The van der Waals surface area contributed by atoms with E-state index in [0.29, 0.717) is 32.3 Å². The number of benzene rings is 1. The van der Waals surface area contributed by atoms with Crippen molar-refractivity contribution < 1.29 is 14.3 Å². The highest BCUT2D eigenvalue weighted by Crippen LogP contribution is 2.14. The summed E-state index contributed by atoms with van der Waals surface area (Å²) in [6.07, 6.45) is 2.27. The molecule has 0 atom stereocenters. The molecule has 0 aromatic heterocycles. The molecule has 0 fully saturated rings. The Balaban J connectivity index is 2.34. The molecule has 4 nitrogen and oxygen atoms in total. The highest BCUT2D eigenvalue weighted by atomic mass is 16.5. The van der Waals surface area contributed by atoms with Crippen LogP contribution >= 0.6 is 0 Å². The minimum absolute atomic E-state index is 0.124. The van der Waals surface area contributed by atoms with Crippen LogP contribution in [-0.4, -0.2) is 32.5 Å². The summed E-state index contributed by atoms with van der Waals surface area (Å²) in [5, 5.41) is 0. The van der Waals surface area contributed by atoms with E-state index < -0.39 is 0 Å². The van der Waals surface area contributed by atoms with Gasteiger partial charge >= 0.3 is 5.97 Å². The van der Waals surface area contributed by atoms with E-state index in [-0.39, 0.29) is 11.8 Å². The maximum Gasteiger partial charge on any atom is 0.305 e. The number of unbranched alkanes of at least 4 members (excludes halogenated alkanes) is 1. The van der Waals surface area contributed by atoms with Gasteiger partial charge in [-0.2, -0.15) is 0 Å². The maximum absolute atomic E-state index is 12.0. The van der Waals surface area contributed by atoms with Gasteiger partial charge in [0.25, 0.3) is 0 Å². The summed E-state index contributed by atoms with van der Waals surface area (Å²) in [7, 11) is 3.93. The predicted octanol–water partition coefficient (Wildman–Crippen LogP) is 3.06. The number of nitrogens with zero attached hydrogens (tertiary/aromatic N) is 1. The molecule has 0 heterocycles. The van der Waals surface area contributed by atoms with Crippen molar-refractivity contribution in [3.63, 3.8) is 0 Å². The van der Waals surface area contributed by atoms with Gasteiger partial charge in [0.2, 0.25) is 0 Å². The van der Waals surface area contributed by atoms with Gasteiger partial charge in [-0.25, -0.2) is 0 Å². The molecule has 4 heteroatoms. The van der Waals surface area contributed by atoms with E-state index in [1.807, 2.05) is 43.3 Å². The molecule has 0 saturated heterocycles. The molecule has 0 spiro atoms. The highest BCUT2D eigenvalue weighted by molar-refractivity contribution is 5.96. The second kappa shape index (κ2) is 8.35. The molecule has 110 valence electrons. The smallest absolute Gasteiger partial charge is 0.305 e. The average molecular weight is 277 g/mol.